The zero-order chi connectivity index (χ0) is 11.0. The van der Waals surface area contributed by atoms with Crippen LogP contribution in [-0.2, 0) is 4.74 Å². The van der Waals surface area contributed by atoms with Gasteiger partial charge in [0.1, 0.15) is 0 Å². The van der Waals surface area contributed by atoms with Crippen molar-refractivity contribution in [2.45, 2.75) is 46.1 Å². The molecule has 86 valence electrons. The number of hydrogen-bond acceptors (Lipinski definition) is 1. The second-order valence-corrected chi connectivity index (χ2v) is 4.72. The highest BCUT2D eigenvalue weighted by Crippen LogP contribution is 2.31. The summed E-state index contributed by atoms with van der Waals surface area (Å²) in [6.07, 6.45) is 3.47. The SMILES string of the molecule is CCCC(CCl)(CCl)CCOC(C)C. The van der Waals surface area contributed by atoms with Crippen molar-refractivity contribution in [3.05, 3.63) is 0 Å². The van der Waals surface area contributed by atoms with Crippen LogP contribution in [0, 0.1) is 5.41 Å². The lowest BCUT2D eigenvalue weighted by Gasteiger charge is -2.29. The molecule has 1 nitrogen and oxygen atoms in total. The Kier molecular flexibility index (Phi) is 8.08. The van der Waals surface area contributed by atoms with E-state index in [1.165, 1.54) is 0 Å². The Morgan fingerprint density at radius 2 is 1.71 bits per heavy atom. The maximum atomic E-state index is 5.98. The Morgan fingerprint density at radius 3 is 2.07 bits per heavy atom. The van der Waals surface area contributed by atoms with Crippen LogP contribution in [0.15, 0.2) is 0 Å². The van der Waals surface area contributed by atoms with Gasteiger partial charge in [-0.15, -0.1) is 23.2 Å². The zero-order valence-corrected chi connectivity index (χ0v) is 11.0. The zero-order valence-electron chi connectivity index (χ0n) is 9.48. The van der Waals surface area contributed by atoms with Gasteiger partial charge in [0.25, 0.3) is 0 Å². The molecule has 0 amide bonds. The predicted molar refractivity (Wildman–Crippen MR) is 64.5 cm³/mol. The molecule has 0 heterocycles. The molecule has 0 aliphatic carbocycles. The second kappa shape index (κ2) is 7.78. The molecule has 0 saturated heterocycles. The monoisotopic (exact) mass is 240 g/mol. The number of rotatable bonds is 8. The van der Waals surface area contributed by atoms with Gasteiger partial charge in [-0.3, -0.25) is 0 Å². The molecule has 0 aromatic rings. The molecular weight excluding hydrogens is 219 g/mol. The van der Waals surface area contributed by atoms with E-state index in [4.69, 9.17) is 27.9 Å². The summed E-state index contributed by atoms with van der Waals surface area (Å²) in [6, 6.07) is 0. The quantitative estimate of drug-likeness (QED) is 0.582. The molecule has 0 atom stereocenters. The van der Waals surface area contributed by atoms with E-state index in [1.54, 1.807) is 0 Å². The molecule has 0 aromatic heterocycles. The van der Waals surface area contributed by atoms with Crippen LogP contribution < -0.4 is 0 Å². The highest BCUT2D eigenvalue weighted by atomic mass is 35.5. The van der Waals surface area contributed by atoms with Crippen LogP contribution in [0.2, 0.25) is 0 Å². The van der Waals surface area contributed by atoms with Gasteiger partial charge in [-0.1, -0.05) is 13.3 Å². The highest BCUT2D eigenvalue weighted by molar-refractivity contribution is 6.21. The van der Waals surface area contributed by atoms with Gasteiger partial charge in [0.05, 0.1) is 6.10 Å². The molecular formula is C11H22Cl2O. The fourth-order valence-corrected chi connectivity index (χ4v) is 2.29. The Labute approximate surface area is 98.1 Å². The Balaban J connectivity index is 3.94. The van der Waals surface area contributed by atoms with Crippen LogP contribution in [0.25, 0.3) is 0 Å². The maximum absolute atomic E-state index is 5.98. The van der Waals surface area contributed by atoms with E-state index in [0.717, 1.165) is 25.9 Å². The number of alkyl halides is 2. The fourth-order valence-electron chi connectivity index (χ4n) is 1.47. The van der Waals surface area contributed by atoms with Crippen LogP contribution in [0.5, 0.6) is 0 Å². The smallest absolute Gasteiger partial charge is 0.0518 e. The van der Waals surface area contributed by atoms with Crippen molar-refractivity contribution in [2.75, 3.05) is 18.4 Å². The summed E-state index contributed by atoms with van der Waals surface area (Å²) in [5.41, 5.74) is 0.0761. The molecule has 0 aromatic carbocycles. The second-order valence-electron chi connectivity index (χ2n) is 4.19. The van der Waals surface area contributed by atoms with E-state index in [1.807, 2.05) is 13.8 Å². The lowest BCUT2D eigenvalue weighted by atomic mass is 9.84. The third-order valence-corrected chi connectivity index (χ3v) is 3.56. The van der Waals surface area contributed by atoms with Crippen molar-refractivity contribution in [1.29, 1.82) is 0 Å². The lowest BCUT2D eigenvalue weighted by Crippen LogP contribution is -2.27. The van der Waals surface area contributed by atoms with Crippen LogP contribution in [0.3, 0.4) is 0 Å². The number of hydrogen-bond donors (Lipinski definition) is 0. The van der Waals surface area contributed by atoms with Crippen LogP contribution in [0.1, 0.15) is 40.0 Å². The van der Waals surface area contributed by atoms with Gasteiger partial charge >= 0.3 is 0 Å². The van der Waals surface area contributed by atoms with Crippen LogP contribution >= 0.6 is 23.2 Å². The third kappa shape index (κ3) is 5.43. The summed E-state index contributed by atoms with van der Waals surface area (Å²) in [5.74, 6) is 1.26. The van der Waals surface area contributed by atoms with Crippen molar-refractivity contribution >= 4 is 23.2 Å². The van der Waals surface area contributed by atoms with Crippen LogP contribution in [0.4, 0.5) is 0 Å². The van der Waals surface area contributed by atoms with Gasteiger partial charge in [0.15, 0.2) is 0 Å². The van der Waals surface area contributed by atoms with Crippen molar-refractivity contribution < 1.29 is 4.74 Å². The Bertz CT molecular complexity index is 133. The molecule has 0 rings (SSSR count). The highest BCUT2D eigenvalue weighted by Gasteiger charge is 2.27. The first kappa shape index (κ1) is 14.5. The number of ether oxygens (including phenoxy) is 1. The minimum absolute atomic E-state index is 0.0761. The average molecular weight is 241 g/mol. The third-order valence-electron chi connectivity index (χ3n) is 2.43. The van der Waals surface area contributed by atoms with Gasteiger partial charge in [-0.2, -0.15) is 0 Å². The molecule has 0 fully saturated rings. The van der Waals surface area contributed by atoms with Crippen molar-refractivity contribution in [3.63, 3.8) is 0 Å². The Hall–Kier alpha value is 0.540. The van der Waals surface area contributed by atoms with E-state index in [0.29, 0.717) is 17.9 Å². The van der Waals surface area contributed by atoms with Gasteiger partial charge in [0, 0.05) is 18.4 Å². The van der Waals surface area contributed by atoms with E-state index in [9.17, 15) is 0 Å². The van der Waals surface area contributed by atoms with Crippen molar-refractivity contribution in [3.8, 4) is 0 Å². The molecule has 3 heteroatoms. The largest absolute Gasteiger partial charge is 0.379 e. The molecule has 0 spiro atoms. The normalized spacial score (nSPS) is 12.4. The van der Waals surface area contributed by atoms with Gasteiger partial charge in [-0.05, 0) is 32.1 Å². The fraction of sp³-hybridized carbons (Fsp3) is 1.00. The molecule has 0 aliphatic heterocycles. The summed E-state index contributed by atoms with van der Waals surface area (Å²) in [6.45, 7) is 7.01. The molecule has 0 bridgehead atoms. The Morgan fingerprint density at radius 1 is 1.14 bits per heavy atom. The summed E-state index contributed by atoms with van der Waals surface area (Å²) >= 11 is 12.0. The number of halogens is 2. The first-order valence-corrected chi connectivity index (χ1v) is 6.40. The van der Waals surface area contributed by atoms with Gasteiger partial charge in [0.2, 0.25) is 0 Å². The minimum Gasteiger partial charge on any atom is -0.379 e. The predicted octanol–water partition coefficient (Wildman–Crippen LogP) is 4.07. The lowest BCUT2D eigenvalue weighted by molar-refractivity contribution is 0.0570. The van der Waals surface area contributed by atoms with Gasteiger partial charge in [-0.25, -0.2) is 0 Å². The topological polar surface area (TPSA) is 9.23 Å². The van der Waals surface area contributed by atoms with E-state index < -0.39 is 0 Å². The molecule has 0 aliphatic rings. The summed E-state index contributed by atoms with van der Waals surface area (Å²) < 4.78 is 5.53. The average Bonchev–Trinajstić information content (AvgIpc) is 2.16. The summed E-state index contributed by atoms with van der Waals surface area (Å²) in [5, 5.41) is 0. The van der Waals surface area contributed by atoms with E-state index in [-0.39, 0.29) is 5.41 Å². The first-order valence-electron chi connectivity index (χ1n) is 5.33. The maximum Gasteiger partial charge on any atom is 0.0518 e. The molecule has 0 radical (unpaired) electrons. The summed E-state index contributed by atoms with van der Waals surface area (Å²) in [4.78, 5) is 0. The van der Waals surface area contributed by atoms with Crippen molar-refractivity contribution in [2.24, 2.45) is 5.41 Å². The summed E-state index contributed by atoms with van der Waals surface area (Å²) in [7, 11) is 0. The molecule has 0 N–H and O–H groups in total. The van der Waals surface area contributed by atoms with Crippen LogP contribution in [-0.4, -0.2) is 24.5 Å². The molecule has 0 saturated carbocycles. The van der Waals surface area contributed by atoms with Crippen molar-refractivity contribution in [1.82, 2.24) is 0 Å². The van der Waals surface area contributed by atoms with E-state index >= 15 is 0 Å². The standard InChI is InChI=1S/C11H22Cl2O/c1-4-5-11(8-12,9-13)6-7-14-10(2)3/h10H,4-9H2,1-3H3. The molecule has 14 heavy (non-hydrogen) atoms. The van der Waals surface area contributed by atoms with Gasteiger partial charge < -0.3 is 4.74 Å². The molecule has 0 unspecified atom stereocenters. The minimum atomic E-state index is 0.0761. The first-order chi connectivity index (χ1) is 6.60. The van der Waals surface area contributed by atoms with E-state index in [2.05, 4.69) is 6.92 Å².